The number of benzene rings is 2. The molecule has 2 nitrogen and oxygen atoms in total. The van der Waals surface area contributed by atoms with Crippen LogP contribution in [0.3, 0.4) is 0 Å². The van der Waals surface area contributed by atoms with Crippen LogP contribution in [0.5, 0.6) is 5.75 Å². The Hall–Kier alpha value is -1.87. The van der Waals surface area contributed by atoms with E-state index in [1.165, 1.54) is 0 Å². The zero-order valence-corrected chi connectivity index (χ0v) is 11.1. The van der Waals surface area contributed by atoms with E-state index in [4.69, 9.17) is 0 Å². The second kappa shape index (κ2) is 5.65. The molecule has 1 N–H and O–H groups in total. The number of phenols is 1. The van der Waals surface area contributed by atoms with Crippen molar-refractivity contribution in [1.82, 2.24) is 0 Å². The molecule has 18 heavy (non-hydrogen) atoms. The maximum absolute atomic E-state index is 11.1. The largest absolute Gasteiger partial charge is 0.508 e. The SMILES string of the molecule is O=C/C(=C/c1ccc(Br)cc1)c1ccc(O)cc1. The normalized spacial score (nSPS) is 11.3. The number of allylic oxidation sites excluding steroid dienone is 1. The number of rotatable bonds is 3. The van der Waals surface area contributed by atoms with Crippen LogP contribution < -0.4 is 0 Å². The molecule has 2 aromatic carbocycles. The zero-order chi connectivity index (χ0) is 13.0. The minimum absolute atomic E-state index is 0.188. The molecular weight excluding hydrogens is 292 g/mol. The highest BCUT2D eigenvalue weighted by atomic mass is 79.9. The topological polar surface area (TPSA) is 37.3 Å². The summed E-state index contributed by atoms with van der Waals surface area (Å²) in [5, 5.41) is 9.22. The lowest BCUT2D eigenvalue weighted by atomic mass is 10.0. The van der Waals surface area contributed by atoms with Gasteiger partial charge in [0.1, 0.15) is 5.75 Å². The minimum Gasteiger partial charge on any atom is -0.508 e. The monoisotopic (exact) mass is 302 g/mol. The second-order valence-corrected chi connectivity index (χ2v) is 4.73. The number of halogens is 1. The van der Waals surface area contributed by atoms with E-state index in [-0.39, 0.29) is 5.75 Å². The second-order valence-electron chi connectivity index (χ2n) is 3.82. The fourth-order valence-electron chi connectivity index (χ4n) is 1.58. The van der Waals surface area contributed by atoms with Crippen LogP contribution in [0.1, 0.15) is 11.1 Å². The van der Waals surface area contributed by atoms with Crippen molar-refractivity contribution in [3.8, 4) is 5.75 Å². The Labute approximate surface area is 114 Å². The van der Waals surface area contributed by atoms with Gasteiger partial charge in [0, 0.05) is 10.0 Å². The molecule has 3 heteroatoms. The molecule has 0 atom stereocenters. The Morgan fingerprint density at radius 1 is 1.00 bits per heavy atom. The van der Waals surface area contributed by atoms with E-state index in [2.05, 4.69) is 15.9 Å². The van der Waals surface area contributed by atoms with Gasteiger partial charge in [0.15, 0.2) is 6.29 Å². The van der Waals surface area contributed by atoms with E-state index in [1.54, 1.807) is 24.3 Å². The van der Waals surface area contributed by atoms with Crippen molar-refractivity contribution in [2.24, 2.45) is 0 Å². The van der Waals surface area contributed by atoms with Crippen LogP contribution in [0.2, 0.25) is 0 Å². The third kappa shape index (κ3) is 3.08. The van der Waals surface area contributed by atoms with E-state index < -0.39 is 0 Å². The van der Waals surface area contributed by atoms with Gasteiger partial charge in [0.05, 0.1) is 0 Å². The van der Waals surface area contributed by atoms with Crippen molar-refractivity contribution in [2.75, 3.05) is 0 Å². The standard InChI is InChI=1S/C15H11BrO2/c16-14-5-1-11(2-6-14)9-13(10-17)12-3-7-15(18)8-4-12/h1-10,18H/b13-9-. The van der Waals surface area contributed by atoms with Gasteiger partial charge in [-0.15, -0.1) is 0 Å². The summed E-state index contributed by atoms with van der Waals surface area (Å²) in [4.78, 5) is 11.1. The van der Waals surface area contributed by atoms with Gasteiger partial charge in [0.25, 0.3) is 0 Å². The highest BCUT2D eigenvalue weighted by Crippen LogP contribution is 2.20. The summed E-state index contributed by atoms with van der Waals surface area (Å²) in [6.45, 7) is 0. The first-order valence-electron chi connectivity index (χ1n) is 5.41. The van der Waals surface area contributed by atoms with Crippen LogP contribution in [-0.4, -0.2) is 11.4 Å². The van der Waals surface area contributed by atoms with Crippen molar-refractivity contribution in [3.63, 3.8) is 0 Å². The lowest BCUT2D eigenvalue weighted by molar-refractivity contribution is -0.103. The molecule has 2 aromatic rings. The van der Waals surface area contributed by atoms with E-state index in [0.717, 1.165) is 21.9 Å². The molecule has 90 valence electrons. The van der Waals surface area contributed by atoms with E-state index >= 15 is 0 Å². The van der Waals surface area contributed by atoms with Gasteiger partial charge in [-0.1, -0.05) is 40.2 Å². The number of carbonyl (C=O) groups is 1. The number of hydrogen-bond acceptors (Lipinski definition) is 2. The van der Waals surface area contributed by atoms with Crippen molar-refractivity contribution in [2.45, 2.75) is 0 Å². The summed E-state index contributed by atoms with van der Waals surface area (Å²) in [6.07, 6.45) is 2.63. The molecule has 0 radical (unpaired) electrons. The smallest absolute Gasteiger partial charge is 0.150 e. The van der Waals surface area contributed by atoms with Gasteiger partial charge in [-0.25, -0.2) is 0 Å². The van der Waals surface area contributed by atoms with E-state index in [0.29, 0.717) is 5.57 Å². The number of phenolic OH excluding ortho intramolecular Hbond substituents is 1. The first kappa shape index (κ1) is 12.6. The molecule has 0 aliphatic heterocycles. The summed E-state index contributed by atoms with van der Waals surface area (Å²) >= 11 is 3.36. The predicted octanol–water partition coefficient (Wildman–Crippen LogP) is 3.89. The maximum Gasteiger partial charge on any atom is 0.150 e. The Morgan fingerprint density at radius 3 is 2.17 bits per heavy atom. The molecule has 0 fully saturated rings. The average molecular weight is 303 g/mol. The fraction of sp³-hybridized carbons (Fsp3) is 0. The first-order chi connectivity index (χ1) is 8.69. The van der Waals surface area contributed by atoms with Crippen LogP contribution in [0.15, 0.2) is 53.0 Å². The third-order valence-electron chi connectivity index (χ3n) is 2.52. The van der Waals surface area contributed by atoms with Gasteiger partial charge < -0.3 is 5.11 Å². The summed E-state index contributed by atoms with van der Waals surface area (Å²) < 4.78 is 0.997. The minimum atomic E-state index is 0.188. The molecule has 0 saturated heterocycles. The fourth-order valence-corrected chi connectivity index (χ4v) is 1.84. The summed E-state index contributed by atoms with van der Waals surface area (Å²) in [5.41, 5.74) is 2.32. The van der Waals surface area contributed by atoms with Crippen molar-refractivity contribution in [1.29, 1.82) is 0 Å². The Balaban J connectivity index is 2.36. The Kier molecular flexibility index (Phi) is 3.95. The van der Waals surface area contributed by atoms with Crippen LogP contribution in [0, 0.1) is 0 Å². The molecule has 0 spiro atoms. The summed E-state index contributed by atoms with van der Waals surface area (Å²) in [7, 11) is 0. The van der Waals surface area contributed by atoms with Gasteiger partial charge in [-0.2, -0.15) is 0 Å². The third-order valence-corrected chi connectivity index (χ3v) is 3.05. The van der Waals surface area contributed by atoms with Gasteiger partial charge in [-0.3, -0.25) is 4.79 Å². The molecule has 0 heterocycles. The maximum atomic E-state index is 11.1. The number of hydrogen-bond donors (Lipinski definition) is 1. The number of aromatic hydroxyl groups is 1. The van der Waals surface area contributed by atoms with Crippen LogP contribution in [-0.2, 0) is 4.79 Å². The first-order valence-corrected chi connectivity index (χ1v) is 6.20. The Morgan fingerprint density at radius 2 is 1.61 bits per heavy atom. The van der Waals surface area contributed by atoms with Crippen LogP contribution in [0.25, 0.3) is 11.6 Å². The molecule has 0 aliphatic rings. The van der Waals surface area contributed by atoms with Crippen LogP contribution in [0.4, 0.5) is 0 Å². The zero-order valence-electron chi connectivity index (χ0n) is 9.51. The van der Waals surface area contributed by atoms with E-state index in [9.17, 15) is 9.90 Å². The predicted molar refractivity (Wildman–Crippen MR) is 76.2 cm³/mol. The van der Waals surface area contributed by atoms with Gasteiger partial charge >= 0.3 is 0 Å². The van der Waals surface area contributed by atoms with Gasteiger partial charge in [-0.05, 0) is 41.5 Å². The molecule has 0 aromatic heterocycles. The number of carbonyl (C=O) groups excluding carboxylic acids is 1. The molecule has 0 unspecified atom stereocenters. The highest BCUT2D eigenvalue weighted by Gasteiger charge is 2.01. The molecule has 0 bridgehead atoms. The number of aldehydes is 1. The van der Waals surface area contributed by atoms with Crippen molar-refractivity contribution < 1.29 is 9.90 Å². The quantitative estimate of drug-likeness (QED) is 0.530. The summed E-state index contributed by atoms with van der Waals surface area (Å²) in [5.74, 6) is 0.188. The lowest BCUT2D eigenvalue weighted by Crippen LogP contribution is -1.85. The summed E-state index contributed by atoms with van der Waals surface area (Å²) in [6, 6.07) is 14.3. The molecule has 0 saturated carbocycles. The Bertz CT molecular complexity index is 568. The highest BCUT2D eigenvalue weighted by molar-refractivity contribution is 9.10. The lowest BCUT2D eigenvalue weighted by Gasteiger charge is -2.01. The molecular formula is C15H11BrO2. The van der Waals surface area contributed by atoms with Gasteiger partial charge in [0.2, 0.25) is 0 Å². The van der Waals surface area contributed by atoms with Crippen molar-refractivity contribution in [3.05, 3.63) is 64.1 Å². The van der Waals surface area contributed by atoms with Crippen LogP contribution >= 0.6 is 15.9 Å². The molecule has 2 rings (SSSR count). The molecule has 0 aliphatic carbocycles. The molecule has 0 amide bonds. The average Bonchev–Trinajstić information content (AvgIpc) is 2.39. The van der Waals surface area contributed by atoms with E-state index in [1.807, 2.05) is 30.3 Å². The van der Waals surface area contributed by atoms with Crippen molar-refractivity contribution >= 4 is 33.9 Å².